The fourth-order valence-electron chi connectivity index (χ4n) is 10.6. The van der Waals surface area contributed by atoms with Gasteiger partial charge in [0, 0.05) is 5.54 Å². The van der Waals surface area contributed by atoms with E-state index in [1.54, 1.807) is 0 Å². The quantitative estimate of drug-likeness (QED) is 0.493. The molecule has 0 amide bonds. The average molecular weight is 372 g/mol. The van der Waals surface area contributed by atoms with Crippen molar-refractivity contribution in [2.24, 2.45) is 45.3 Å². The lowest BCUT2D eigenvalue weighted by atomic mass is 9.33. The van der Waals surface area contributed by atoms with E-state index in [0.29, 0.717) is 27.2 Å². The highest BCUT2D eigenvalue weighted by Gasteiger charge is 2.68. The second-order valence-electron chi connectivity index (χ2n) is 13.2. The van der Waals surface area contributed by atoms with Crippen LogP contribution in [0.5, 0.6) is 0 Å². The highest BCUT2D eigenvalue weighted by molar-refractivity contribution is 5.18. The smallest absolute Gasteiger partial charge is 0.0158 e. The molecule has 4 aliphatic carbocycles. The van der Waals surface area contributed by atoms with Gasteiger partial charge >= 0.3 is 0 Å². The van der Waals surface area contributed by atoms with E-state index in [4.69, 9.17) is 0 Å². The third-order valence-electron chi connectivity index (χ3n) is 12.2. The summed E-state index contributed by atoms with van der Waals surface area (Å²) in [5.74, 6) is 3.84. The normalized spacial score (nSPS) is 59.3. The van der Waals surface area contributed by atoms with Crippen LogP contribution in [0.3, 0.4) is 0 Å². The van der Waals surface area contributed by atoms with Crippen LogP contribution in [0.25, 0.3) is 0 Å². The highest BCUT2D eigenvalue weighted by Crippen LogP contribution is 2.75. The van der Waals surface area contributed by atoms with Crippen molar-refractivity contribution in [3.8, 4) is 0 Å². The predicted octanol–water partition coefficient (Wildman–Crippen LogP) is 6.81. The average Bonchev–Trinajstić information content (AvgIpc) is 2.97. The molecule has 6 unspecified atom stereocenters. The predicted molar refractivity (Wildman–Crippen MR) is 115 cm³/mol. The van der Waals surface area contributed by atoms with E-state index in [9.17, 15) is 0 Å². The van der Waals surface area contributed by atoms with Crippen LogP contribution in [0.15, 0.2) is 0 Å². The molecular formula is C26H45N. The highest BCUT2D eigenvalue weighted by atomic mass is 15.0. The van der Waals surface area contributed by atoms with Gasteiger partial charge in [-0.15, -0.1) is 0 Å². The van der Waals surface area contributed by atoms with Crippen LogP contribution in [0.1, 0.15) is 106 Å². The summed E-state index contributed by atoms with van der Waals surface area (Å²) < 4.78 is 0. The van der Waals surface area contributed by atoms with Gasteiger partial charge in [-0.2, -0.15) is 0 Å². The Labute approximate surface area is 168 Å². The first kappa shape index (κ1) is 19.0. The topological polar surface area (TPSA) is 12.0 Å². The van der Waals surface area contributed by atoms with E-state index in [0.717, 1.165) is 23.7 Å². The third-order valence-corrected chi connectivity index (χ3v) is 12.2. The molecule has 0 aromatic rings. The van der Waals surface area contributed by atoms with E-state index < -0.39 is 0 Å². The fourth-order valence-corrected chi connectivity index (χ4v) is 10.6. The lowest BCUT2D eigenvalue weighted by molar-refractivity contribution is -0.226. The Hall–Kier alpha value is -0.0400. The summed E-state index contributed by atoms with van der Waals surface area (Å²) in [6.45, 7) is 17.1. The van der Waals surface area contributed by atoms with E-state index in [1.807, 2.05) is 0 Å². The van der Waals surface area contributed by atoms with Crippen molar-refractivity contribution in [2.45, 2.75) is 111 Å². The molecule has 5 aliphatic rings. The second-order valence-corrected chi connectivity index (χ2v) is 13.2. The molecule has 27 heavy (non-hydrogen) atoms. The summed E-state index contributed by atoms with van der Waals surface area (Å²) in [6.07, 6.45) is 15.0. The van der Waals surface area contributed by atoms with Crippen molar-refractivity contribution in [1.82, 2.24) is 5.32 Å². The molecule has 8 atom stereocenters. The van der Waals surface area contributed by atoms with Gasteiger partial charge in [0.2, 0.25) is 0 Å². The number of rotatable bonds is 0. The molecule has 1 N–H and O–H groups in total. The summed E-state index contributed by atoms with van der Waals surface area (Å²) in [5.41, 5.74) is 2.71. The van der Waals surface area contributed by atoms with Crippen LogP contribution in [-0.4, -0.2) is 12.1 Å². The van der Waals surface area contributed by atoms with Gasteiger partial charge in [-0.3, -0.25) is 0 Å². The Morgan fingerprint density at radius 2 is 1.41 bits per heavy atom. The molecular weight excluding hydrogens is 326 g/mol. The van der Waals surface area contributed by atoms with Gasteiger partial charge in [-0.05, 0) is 124 Å². The molecule has 1 aliphatic heterocycles. The molecule has 1 saturated heterocycles. The number of piperidine rings is 1. The van der Waals surface area contributed by atoms with Crippen molar-refractivity contribution in [1.29, 1.82) is 0 Å². The monoisotopic (exact) mass is 371 g/mol. The SMILES string of the molecule is CC1(C)NCCC2(C)C1CCC1(C)C2CCC2[C@H]3CCCC3(C)CC[C@]21C. The zero-order valence-electron chi connectivity index (χ0n) is 19.1. The minimum atomic E-state index is 0.322. The molecule has 5 rings (SSSR count). The number of nitrogens with one attached hydrogen (secondary N) is 1. The zero-order valence-corrected chi connectivity index (χ0v) is 19.1. The van der Waals surface area contributed by atoms with E-state index >= 15 is 0 Å². The zero-order chi connectivity index (χ0) is 19.3. The first-order valence-corrected chi connectivity index (χ1v) is 12.3. The van der Waals surface area contributed by atoms with E-state index in [2.05, 4.69) is 46.9 Å². The van der Waals surface area contributed by atoms with Crippen molar-refractivity contribution < 1.29 is 0 Å². The third kappa shape index (κ3) is 2.22. The molecule has 4 saturated carbocycles. The maximum Gasteiger partial charge on any atom is 0.0158 e. The van der Waals surface area contributed by atoms with Crippen LogP contribution in [0, 0.1) is 45.3 Å². The van der Waals surface area contributed by atoms with Crippen molar-refractivity contribution in [2.75, 3.05) is 6.54 Å². The Morgan fingerprint density at radius 1 is 0.630 bits per heavy atom. The molecule has 0 aromatic heterocycles. The summed E-state index contributed by atoms with van der Waals surface area (Å²) in [7, 11) is 0. The van der Waals surface area contributed by atoms with Crippen LogP contribution >= 0.6 is 0 Å². The van der Waals surface area contributed by atoms with Gasteiger partial charge in [-0.25, -0.2) is 0 Å². The minimum absolute atomic E-state index is 0.322. The van der Waals surface area contributed by atoms with Crippen molar-refractivity contribution in [3.05, 3.63) is 0 Å². The van der Waals surface area contributed by atoms with Crippen LogP contribution in [0.2, 0.25) is 0 Å². The molecule has 1 heteroatoms. The van der Waals surface area contributed by atoms with Gasteiger partial charge in [-0.1, -0.05) is 34.1 Å². The standard InChI is InChI=1S/C26H45N/c1-22(2)20-11-13-26(6)21(24(20,4)16-17-27-22)10-9-19-18-8-7-12-23(18,3)14-15-25(19,26)5/h18-21,27H,7-17H2,1-6H3/t18-,19?,20?,21?,23?,24?,25-,26?/m1/s1. The Morgan fingerprint density at radius 3 is 2.19 bits per heavy atom. The molecule has 154 valence electrons. The lowest BCUT2D eigenvalue weighted by Crippen LogP contribution is -2.68. The molecule has 0 bridgehead atoms. The molecule has 0 spiro atoms. The van der Waals surface area contributed by atoms with Gasteiger partial charge in [0.25, 0.3) is 0 Å². The molecule has 5 fully saturated rings. The van der Waals surface area contributed by atoms with Gasteiger partial charge in [0.1, 0.15) is 0 Å². The number of hydrogen-bond acceptors (Lipinski definition) is 1. The molecule has 0 radical (unpaired) electrons. The summed E-state index contributed by atoms with van der Waals surface area (Å²) >= 11 is 0. The van der Waals surface area contributed by atoms with E-state index in [-0.39, 0.29) is 0 Å². The summed E-state index contributed by atoms with van der Waals surface area (Å²) in [5, 5.41) is 3.89. The summed E-state index contributed by atoms with van der Waals surface area (Å²) in [6, 6.07) is 0. The maximum atomic E-state index is 3.89. The lowest BCUT2D eigenvalue weighted by Gasteiger charge is -2.72. The molecule has 1 heterocycles. The van der Waals surface area contributed by atoms with Crippen LogP contribution < -0.4 is 5.32 Å². The molecule has 0 aromatic carbocycles. The fraction of sp³-hybridized carbons (Fsp3) is 1.00. The van der Waals surface area contributed by atoms with Crippen LogP contribution in [-0.2, 0) is 0 Å². The number of hydrogen-bond donors (Lipinski definition) is 1. The largest absolute Gasteiger partial charge is 0.311 e. The van der Waals surface area contributed by atoms with Gasteiger partial charge in [0.05, 0.1) is 0 Å². The summed E-state index contributed by atoms with van der Waals surface area (Å²) in [4.78, 5) is 0. The Bertz CT molecular complexity index is 624. The Balaban J connectivity index is 1.54. The van der Waals surface area contributed by atoms with Crippen LogP contribution in [0.4, 0.5) is 0 Å². The number of fused-ring (bicyclic) bond motifs is 7. The van der Waals surface area contributed by atoms with Crippen molar-refractivity contribution >= 4 is 0 Å². The molecule has 1 nitrogen and oxygen atoms in total. The minimum Gasteiger partial charge on any atom is -0.311 e. The van der Waals surface area contributed by atoms with Gasteiger partial charge < -0.3 is 5.32 Å². The van der Waals surface area contributed by atoms with Crippen molar-refractivity contribution in [3.63, 3.8) is 0 Å². The first-order valence-electron chi connectivity index (χ1n) is 12.3. The first-order chi connectivity index (χ1) is 12.6. The van der Waals surface area contributed by atoms with E-state index in [1.165, 1.54) is 70.8 Å². The second kappa shape index (κ2) is 5.55. The van der Waals surface area contributed by atoms with Gasteiger partial charge in [0.15, 0.2) is 0 Å². The maximum absolute atomic E-state index is 3.89. The Kier molecular flexibility index (Phi) is 3.90.